The molecule has 10 nitrogen and oxygen atoms in total. The molecule has 11 heteroatoms. The Kier molecular flexibility index (Phi) is 10.1. The number of carbonyl (C=O) groups is 1. The molecule has 4 aromatic rings. The summed E-state index contributed by atoms with van der Waals surface area (Å²) in [6.45, 7) is 0. The number of ether oxygens (including phenoxy) is 1. The van der Waals surface area contributed by atoms with Crippen LogP contribution in [0.2, 0.25) is 0 Å². The Balaban J connectivity index is 0.000000497. The van der Waals surface area contributed by atoms with Gasteiger partial charge in [0.15, 0.2) is 0 Å². The van der Waals surface area contributed by atoms with Gasteiger partial charge in [-0.15, -0.1) is 0 Å². The standard InChI is InChI=1S/C21H14O2.Cu.2NO3/c22-21(19-13-5-9-15-7-1-3-11-17(15)19)23-20-14-6-10-16-8-2-4-12-18(16)20;;2*2-1(3)4/h1-14H;;;/q;+2;2*-1. The molecular formula is C21H14CuN2O8. The van der Waals surface area contributed by atoms with E-state index in [2.05, 4.69) is 0 Å². The minimum Gasteiger partial charge on any atom is -0.422 e. The van der Waals surface area contributed by atoms with Gasteiger partial charge >= 0.3 is 23.0 Å². The summed E-state index contributed by atoms with van der Waals surface area (Å²) in [7, 11) is 0. The van der Waals surface area contributed by atoms with Crippen molar-refractivity contribution in [2.45, 2.75) is 0 Å². The molecule has 0 N–H and O–H groups in total. The molecule has 0 heterocycles. The molecule has 0 atom stereocenters. The summed E-state index contributed by atoms with van der Waals surface area (Å²) in [6, 6.07) is 27.1. The monoisotopic (exact) mass is 485 g/mol. The van der Waals surface area contributed by atoms with Gasteiger partial charge in [-0.2, -0.15) is 0 Å². The van der Waals surface area contributed by atoms with Crippen LogP contribution in [0.4, 0.5) is 0 Å². The predicted octanol–water partition coefficient (Wildman–Crippen LogP) is 4.73. The zero-order valence-electron chi connectivity index (χ0n) is 16.0. The maximum atomic E-state index is 12.6. The van der Waals surface area contributed by atoms with Crippen LogP contribution < -0.4 is 4.74 Å². The number of esters is 1. The van der Waals surface area contributed by atoms with Crippen molar-refractivity contribution < 1.29 is 36.8 Å². The Bertz CT molecular complexity index is 1200. The van der Waals surface area contributed by atoms with Crippen molar-refractivity contribution in [2.75, 3.05) is 0 Å². The molecule has 167 valence electrons. The molecule has 4 aromatic carbocycles. The van der Waals surface area contributed by atoms with Gasteiger partial charge in [-0.05, 0) is 28.3 Å². The van der Waals surface area contributed by atoms with Gasteiger partial charge < -0.3 is 35.4 Å². The van der Waals surface area contributed by atoms with E-state index in [1.165, 1.54) is 0 Å². The van der Waals surface area contributed by atoms with E-state index in [1.54, 1.807) is 6.07 Å². The minimum absolute atomic E-state index is 0. The first-order chi connectivity index (χ1) is 14.8. The number of rotatable bonds is 2. The number of hydrogen-bond donors (Lipinski definition) is 0. The summed E-state index contributed by atoms with van der Waals surface area (Å²) in [4.78, 5) is 29.1. The van der Waals surface area contributed by atoms with Crippen molar-refractivity contribution in [1.29, 1.82) is 0 Å². The summed E-state index contributed by atoms with van der Waals surface area (Å²) >= 11 is 0. The van der Waals surface area contributed by atoms with Crippen LogP contribution in [-0.4, -0.2) is 16.1 Å². The third-order valence-corrected chi connectivity index (χ3v) is 3.96. The van der Waals surface area contributed by atoms with Gasteiger partial charge in [-0.1, -0.05) is 72.8 Å². The first-order valence-corrected chi connectivity index (χ1v) is 8.60. The number of nitrogens with zero attached hydrogens (tertiary/aromatic N) is 2. The average Bonchev–Trinajstić information content (AvgIpc) is 2.73. The van der Waals surface area contributed by atoms with Crippen LogP contribution in [0.15, 0.2) is 84.9 Å². The first kappa shape index (κ1) is 25.8. The normalized spacial score (nSPS) is 9.25. The van der Waals surface area contributed by atoms with E-state index in [9.17, 15) is 4.79 Å². The van der Waals surface area contributed by atoms with Crippen LogP contribution in [0.5, 0.6) is 5.75 Å². The Morgan fingerprint density at radius 1 is 0.625 bits per heavy atom. The van der Waals surface area contributed by atoms with Gasteiger partial charge in [0.1, 0.15) is 5.75 Å². The summed E-state index contributed by atoms with van der Waals surface area (Å²) in [5.41, 5.74) is 0.580. The molecule has 0 bridgehead atoms. The van der Waals surface area contributed by atoms with Crippen LogP contribution in [0.1, 0.15) is 10.4 Å². The maximum Gasteiger partial charge on any atom is 2.00 e. The average molecular weight is 486 g/mol. The van der Waals surface area contributed by atoms with Gasteiger partial charge in [0.2, 0.25) is 0 Å². The summed E-state index contributed by atoms with van der Waals surface area (Å²) < 4.78 is 5.68. The number of carbonyl (C=O) groups excluding carboxylic acids is 1. The van der Waals surface area contributed by atoms with E-state index in [0.29, 0.717) is 11.3 Å². The SMILES string of the molecule is O=C(Oc1cccc2ccccc12)c1cccc2ccccc12.O=[N+]([O-])[O-].O=[N+]([O-])[O-].[Cu+2]. The molecule has 0 fully saturated rings. The molecule has 0 saturated heterocycles. The third kappa shape index (κ3) is 7.56. The topological polar surface area (TPSA) is 159 Å². The predicted molar refractivity (Wildman–Crippen MR) is 114 cm³/mol. The smallest absolute Gasteiger partial charge is 0.422 e. The molecule has 0 aliphatic rings. The quantitative estimate of drug-likeness (QED) is 0.129. The maximum absolute atomic E-state index is 12.6. The van der Waals surface area contributed by atoms with Crippen molar-refractivity contribution in [3.63, 3.8) is 0 Å². The zero-order chi connectivity index (χ0) is 22.8. The molecule has 0 spiro atoms. The fourth-order valence-corrected chi connectivity index (χ4v) is 2.84. The Morgan fingerprint density at radius 3 is 1.59 bits per heavy atom. The second kappa shape index (κ2) is 12.5. The second-order valence-electron chi connectivity index (χ2n) is 5.84. The summed E-state index contributed by atoms with van der Waals surface area (Å²) in [5.74, 6) is 0.249. The van der Waals surface area contributed by atoms with Crippen LogP contribution in [0.3, 0.4) is 0 Å². The van der Waals surface area contributed by atoms with Gasteiger partial charge in [0.25, 0.3) is 0 Å². The van der Waals surface area contributed by atoms with Crippen molar-refractivity contribution in [1.82, 2.24) is 0 Å². The summed E-state index contributed by atoms with van der Waals surface area (Å²) in [5, 5.41) is 33.4. The van der Waals surface area contributed by atoms with Gasteiger partial charge in [-0.3, -0.25) is 0 Å². The molecule has 4 rings (SSSR count). The van der Waals surface area contributed by atoms with Crippen LogP contribution in [0.25, 0.3) is 21.5 Å². The third-order valence-electron chi connectivity index (χ3n) is 3.96. The van der Waals surface area contributed by atoms with Crippen molar-refractivity contribution >= 4 is 27.5 Å². The molecule has 0 saturated carbocycles. The number of hydrogen-bond acceptors (Lipinski definition) is 8. The molecule has 32 heavy (non-hydrogen) atoms. The Morgan fingerprint density at radius 2 is 1.03 bits per heavy atom. The van der Waals surface area contributed by atoms with Crippen molar-refractivity contribution in [3.8, 4) is 5.75 Å². The van der Waals surface area contributed by atoms with E-state index < -0.39 is 10.2 Å². The first-order valence-electron chi connectivity index (χ1n) is 8.60. The molecular weight excluding hydrogens is 472 g/mol. The molecule has 0 aromatic heterocycles. The van der Waals surface area contributed by atoms with E-state index in [0.717, 1.165) is 21.5 Å². The van der Waals surface area contributed by atoms with Crippen LogP contribution in [-0.2, 0) is 17.1 Å². The summed E-state index contributed by atoms with van der Waals surface area (Å²) in [6.07, 6.45) is 0. The Hall–Kier alpha value is -4.21. The van der Waals surface area contributed by atoms with Gasteiger partial charge in [0, 0.05) is 5.39 Å². The van der Waals surface area contributed by atoms with E-state index >= 15 is 0 Å². The fraction of sp³-hybridized carbons (Fsp3) is 0. The van der Waals surface area contributed by atoms with Crippen LogP contribution >= 0.6 is 0 Å². The minimum atomic E-state index is -1.75. The number of benzene rings is 4. The molecule has 1 radical (unpaired) electrons. The van der Waals surface area contributed by atoms with E-state index in [1.807, 2.05) is 78.9 Å². The van der Waals surface area contributed by atoms with Gasteiger partial charge in [-0.25, -0.2) is 4.79 Å². The largest absolute Gasteiger partial charge is 2.00 e. The van der Waals surface area contributed by atoms with E-state index in [4.69, 9.17) is 35.4 Å². The molecule has 0 aliphatic carbocycles. The fourth-order valence-electron chi connectivity index (χ4n) is 2.84. The zero-order valence-corrected chi connectivity index (χ0v) is 17.0. The Labute approximate surface area is 191 Å². The van der Waals surface area contributed by atoms with Crippen LogP contribution in [0, 0.1) is 30.6 Å². The van der Waals surface area contributed by atoms with E-state index in [-0.39, 0.29) is 23.0 Å². The molecule has 0 unspecified atom stereocenters. The molecule has 0 aliphatic heterocycles. The molecule has 0 amide bonds. The second-order valence-corrected chi connectivity index (χ2v) is 5.84. The van der Waals surface area contributed by atoms with Crippen molar-refractivity contribution in [2.24, 2.45) is 0 Å². The number of fused-ring (bicyclic) bond motifs is 2. The van der Waals surface area contributed by atoms with Gasteiger partial charge in [0.05, 0.1) is 15.7 Å². The van der Waals surface area contributed by atoms with Crippen molar-refractivity contribution in [3.05, 3.63) is 121 Å².